The first-order chi connectivity index (χ1) is 10.5. The lowest BCUT2D eigenvalue weighted by atomic mass is 10.1. The highest BCUT2D eigenvalue weighted by molar-refractivity contribution is 5.66. The van der Waals surface area contributed by atoms with Gasteiger partial charge in [0.1, 0.15) is 17.9 Å². The lowest BCUT2D eigenvalue weighted by Crippen LogP contribution is -2.49. The highest BCUT2D eigenvalue weighted by Gasteiger charge is 2.24. The molecule has 0 saturated carbocycles. The van der Waals surface area contributed by atoms with Gasteiger partial charge >= 0.3 is 0 Å². The van der Waals surface area contributed by atoms with Crippen molar-refractivity contribution in [1.82, 2.24) is 4.57 Å². The Morgan fingerprint density at radius 2 is 1.82 bits per heavy atom. The molecule has 0 spiro atoms. The van der Waals surface area contributed by atoms with E-state index in [-0.39, 0.29) is 0 Å². The summed E-state index contributed by atoms with van der Waals surface area (Å²) < 4.78 is 4.16. The summed E-state index contributed by atoms with van der Waals surface area (Å²) in [5.41, 5.74) is 1.14. The van der Waals surface area contributed by atoms with Crippen molar-refractivity contribution in [3.8, 4) is 0 Å². The number of unbranched alkanes of at least 4 members (excludes halogenated alkanes) is 5. The minimum Gasteiger partial charge on any atom is -0.546 e. The van der Waals surface area contributed by atoms with Crippen LogP contribution in [0.15, 0.2) is 6.20 Å². The summed E-state index contributed by atoms with van der Waals surface area (Å²) in [5.74, 6) is 0.120. The van der Waals surface area contributed by atoms with E-state index >= 15 is 0 Å². The van der Waals surface area contributed by atoms with Gasteiger partial charge in [0.15, 0.2) is 0 Å². The third-order valence-corrected chi connectivity index (χ3v) is 4.32. The van der Waals surface area contributed by atoms with Gasteiger partial charge < -0.3 is 9.90 Å². The van der Waals surface area contributed by atoms with E-state index in [2.05, 4.69) is 25.3 Å². The molecule has 1 atom stereocenters. The van der Waals surface area contributed by atoms with Crippen molar-refractivity contribution in [3.05, 3.63) is 17.7 Å². The highest BCUT2D eigenvalue weighted by atomic mass is 16.4. The summed E-state index contributed by atoms with van der Waals surface area (Å²) in [7, 11) is 0. The van der Waals surface area contributed by atoms with E-state index in [4.69, 9.17) is 0 Å². The monoisotopic (exact) mass is 308 g/mol. The molecule has 4 nitrogen and oxygen atoms in total. The number of hydrogen-bond donors (Lipinski definition) is 0. The Bertz CT molecular complexity index is 466. The van der Waals surface area contributed by atoms with Crippen molar-refractivity contribution in [1.29, 1.82) is 0 Å². The molecule has 0 amide bonds. The first-order valence-electron chi connectivity index (χ1n) is 8.83. The zero-order valence-corrected chi connectivity index (χ0v) is 14.7. The lowest BCUT2D eigenvalue weighted by Gasteiger charge is -2.12. The Labute approximate surface area is 135 Å². The number of imidazole rings is 1. The minimum atomic E-state index is -1.01. The van der Waals surface area contributed by atoms with E-state index in [1.54, 1.807) is 6.92 Å². The van der Waals surface area contributed by atoms with Gasteiger partial charge in [-0.2, -0.15) is 0 Å². The number of rotatable bonds is 11. The largest absolute Gasteiger partial charge is 0.546 e. The number of carboxylic acids is 1. The SMILES string of the molecule is CCCCCCCCc1n(CCC)c(C)c[n+]1C(C)C(=O)[O-]. The molecule has 1 aromatic heterocycles. The van der Waals surface area contributed by atoms with Crippen LogP contribution in [-0.4, -0.2) is 10.5 Å². The number of aryl methyl sites for hydroxylation is 1. The molecule has 126 valence electrons. The Kier molecular flexibility index (Phi) is 8.21. The zero-order valence-electron chi connectivity index (χ0n) is 14.7. The van der Waals surface area contributed by atoms with Crippen LogP contribution in [-0.2, 0) is 17.8 Å². The van der Waals surface area contributed by atoms with Crippen LogP contribution in [0, 0.1) is 6.92 Å². The van der Waals surface area contributed by atoms with Crippen LogP contribution >= 0.6 is 0 Å². The number of aliphatic carboxylic acids is 1. The molecule has 4 heteroatoms. The second-order valence-corrected chi connectivity index (χ2v) is 6.26. The molecule has 0 bridgehead atoms. The molecule has 0 saturated heterocycles. The highest BCUT2D eigenvalue weighted by Crippen LogP contribution is 2.13. The predicted octanol–water partition coefficient (Wildman–Crippen LogP) is 2.71. The third kappa shape index (κ3) is 5.15. The topological polar surface area (TPSA) is 48.9 Å². The van der Waals surface area contributed by atoms with Crippen LogP contribution < -0.4 is 9.67 Å². The number of carbonyl (C=O) groups is 1. The molecule has 1 heterocycles. The summed E-state index contributed by atoms with van der Waals surface area (Å²) in [6.07, 6.45) is 11.5. The normalized spacial score (nSPS) is 12.5. The summed E-state index contributed by atoms with van der Waals surface area (Å²) in [5, 5.41) is 11.2. The number of carbonyl (C=O) groups excluding carboxylic acids is 1. The van der Waals surface area contributed by atoms with Crippen molar-refractivity contribution in [2.45, 2.75) is 91.6 Å². The maximum Gasteiger partial charge on any atom is 0.257 e. The van der Waals surface area contributed by atoms with Gasteiger partial charge in [-0.1, -0.05) is 46.0 Å². The van der Waals surface area contributed by atoms with Crippen LogP contribution in [0.3, 0.4) is 0 Å². The maximum absolute atomic E-state index is 11.2. The van der Waals surface area contributed by atoms with Gasteiger partial charge in [0.25, 0.3) is 5.82 Å². The van der Waals surface area contributed by atoms with Gasteiger partial charge in [-0.05, 0) is 19.8 Å². The molecule has 1 unspecified atom stereocenters. The molecular weight excluding hydrogens is 276 g/mol. The van der Waals surface area contributed by atoms with E-state index < -0.39 is 12.0 Å². The molecule has 0 aromatic carbocycles. The van der Waals surface area contributed by atoms with Gasteiger partial charge in [-0.15, -0.1) is 0 Å². The summed E-state index contributed by atoms with van der Waals surface area (Å²) in [6, 6.07) is -0.605. The second-order valence-electron chi connectivity index (χ2n) is 6.26. The molecule has 1 aromatic rings. The Balaban J connectivity index is 2.77. The first-order valence-corrected chi connectivity index (χ1v) is 8.83. The van der Waals surface area contributed by atoms with Gasteiger partial charge in [-0.25, -0.2) is 9.13 Å². The van der Waals surface area contributed by atoms with Gasteiger partial charge in [0.05, 0.1) is 12.5 Å². The predicted molar refractivity (Wildman–Crippen MR) is 86.5 cm³/mol. The van der Waals surface area contributed by atoms with Crippen LogP contribution in [0.1, 0.15) is 83.3 Å². The Morgan fingerprint density at radius 1 is 1.18 bits per heavy atom. The third-order valence-electron chi connectivity index (χ3n) is 4.32. The summed E-state index contributed by atoms with van der Waals surface area (Å²) in [6.45, 7) is 9.09. The quantitative estimate of drug-likeness (QED) is 0.466. The number of nitrogens with zero attached hydrogens (tertiary/aromatic N) is 2. The molecule has 0 N–H and O–H groups in total. The number of carboxylic acid groups (broad SMARTS) is 1. The van der Waals surface area contributed by atoms with Crippen molar-refractivity contribution in [2.24, 2.45) is 0 Å². The molecule has 22 heavy (non-hydrogen) atoms. The fraction of sp³-hybridized carbons (Fsp3) is 0.778. The molecule has 0 aliphatic carbocycles. The van der Waals surface area contributed by atoms with Gasteiger partial charge in [0, 0.05) is 13.3 Å². The molecule has 0 radical (unpaired) electrons. The van der Waals surface area contributed by atoms with Crippen molar-refractivity contribution in [3.63, 3.8) is 0 Å². The van der Waals surface area contributed by atoms with Crippen molar-refractivity contribution >= 4 is 5.97 Å². The first kappa shape index (κ1) is 18.7. The standard InChI is InChI=1S/C18H32N2O2/c1-5-7-8-9-10-11-12-17-19(13-6-2)15(3)14-20(17)16(4)18(21)22/h14,16H,5-13H2,1-4H3. The van der Waals surface area contributed by atoms with E-state index in [1.165, 1.54) is 32.1 Å². The molecule has 0 fully saturated rings. The number of hydrogen-bond acceptors (Lipinski definition) is 2. The Hall–Kier alpha value is -1.32. The summed E-state index contributed by atoms with van der Waals surface area (Å²) in [4.78, 5) is 11.2. The fourth-order valence-corrected chi connectivity index (χ4v) is 2.99. The average Bonchev–Trinajstić information content (AvgIpc) is 2.79. The average molecular weight is 308 g/mol. The molecular formula is C18H32N2O2. The van der Waals surface area contributed by atoms with Crippen molar-refractivity contribution in [2.75, 3.05) is 0 Å². The van der Waals surface area contributed by atoms with Crippen LogP contribution in [0.2, 0.25) is 0 Å². The Morgan fingerprint density at radius 3 is 2.41 bits per heavy atom. The van der Waals surface area contributed by atoms with Crippen LogP contribution in [0.4, 0.5) is 0 Å². The lowest BCUT2D eigenvalue weighted by molar-refractivity contribution is -0.719. The molecule has 1 rings (SSSR count). The molecule has 0 aliphatic rings. The second kappa shape index (κ2) is 9.65. The van der Waals surface area contributed by atoms with Crippen LogP contribution in [0.5, 0.6) is 0 Å². The minimum absolute atomic E-state index is 0.605. The fourth-order valence-electron chi connectivity index (χ4n) is 2.99. The van der Waals surface area contributed by atoms with Crippen molar-refractivity contribution < 1.29 is 14.5 Å². The van der Waals surface area contributed by atoms with Crippen LogP contribution in [0.25, 0.3) is 0 Å². The van der Waals surface area contributed by atoms with E-state index in [0.29, 0.717) is 0 Å². The molecule has 0 aliphatic heterocycles. The van der Waals surface area contributed by atoms with E-state index in [1.807, 2.05) is 10.8 Å². The summed E-state index contributed by atoms with van der Waals surface area (Å²) >= 11 is 0. The van der Waals surface area contributed by atoms with Gasteiger partial charge in [-0.3, -0.25) is 0 Å². The van der Waals surface area contributed by atoms with E-state index in [9.17, 15) is 9.90 Å². The maximum atomic E-state index is 11.2. The van der Waals surface area contributed by atoms with E-state index in [0.717, 1.165) is 37.3 Å². The smallest absolute Gasteiger partial charge is 0.257 e. The number of aromatic nitrogens is 2. The van der Waals surface area contributed by atoms with Gasteiger partial charge in [0.2, 0.25) is 0 Å². The zero-order chi connectivity index (χ0) is 16.5.